The van der Waals surface area contributed by atoms with Gasteiger partial charge < -0.3 is 9.97 Å². The molecule has 5 rings (SSSR count). The second kappa shape index (κ2) is 13.8. The summed E-state index contributed by atoms with van der Waals surface area (Å²) in [5.74, 6) is 0. The molecule has 189 valence electrons. The topological polar surface area (TPSA) is 25.8 Å². The summed E-state index contributed by atoms with van der Waals surface area (Å²) in [5.41, 5.74) is 8.30. The zero-order valence-corrected chi connectivity index (χ0v) is 24.0. The van der Waals surface area contributed by atoms with Gasteiger partial charge >= 0.3 is 0 Å². The number of hydrogen-bond acceptors (Lipinski definition) is 2. The second-order valence-corrected chi connectivity index (χ2v) is 10.0. The smallest absolute Gasteiger partial charge is 0.0163 e. The van der Waals surface area contributed by atoms with Crippen LogP contribution in [0.3, 0.4) is 0 Å². The maximum atomic E-state index is 4.51. The van der Waals surface area contributed by atoms with Gasteiger partial charge in [0.2, 0.25) is 0 Å². The fraction of sp³-hybridized carbons (Fsp3) is 0.176. The Balaban J connectivity index is 0.000000201. The van der Waals surface area contributed by atoms with Crippen molar-refractivity contribution in [2.24, 2.45) is 5.41 Å². The van der Waals surface area contributed by atoms with Crippen LogP contribution < -0.4 is 0 Å². The van der Waals surface area contributed by atoms with E-state index in [0.717, 1.165) is 35.4 Å². The van der Waals surface area contributed by atoms with E-state index in [9.17, 15) is 0 Å². The van der Waals surface area contributed by atoms with E-state index >= 15 is 0 Å². The molecular weight excluding hydrogens is 629 g/mol. The molecule has 0 amide bonds. The van der Waals surface area contributed by atoms with Crippen LogP contribution in [0.4, 0.5) is 0 Å². The van der Waals surface area contributed by atoms with Crippen molar-refractivity contribution in [1.82, 2.24) is 9.97 Å². The van der Waals surface area contributed by atoms with Crippen molar-refractivity contribution in [3.63, 3.8) is 0 Å². The largest absolute Gasteiger partial charge is 0.305 e. The monoisotopic (exact) mass is 661 g/mol. The van der Waals surface area contributed by atoms with Crippen molar-refractivity contribution in [3.05, 3.63) is 144 Å². The van der Waals surface area contributed by atoms with E-state index in [4.69, 9.17) is 0 Å². The first-order chi connectivity index (χ1) is 17.5. The molecule has 0 bridgehead atoms. The summed E-state index contributed by atoms with van der Waals surface area (Å²) in [5, 5.41) is 0. The molecule has 0 saturated carbocycles. The third-order valence-corrected chi connectivity index (χ3v) is 5.64. The molecule has 37 heavy (non-hydrogen) atoms. The van der Waals surface area contributed by atoms with Crippen LogP contribution in [0.1, 0.15) is 37.5 Å². The molecule has 0 aliphatic rings. The van der Waals surface area contributed by atoms with Gasteiger partial charge in [0.05, 0.1) is 0 Å². The molecule has 0 aliphatic heterocycles. The van der Waals surface area contributed by atoms with Crippen molar-refractivity contribution in [2.45, 2.75) is 33.6 Å². The number of rotatable bonds is 5. The van der Waals surface area contributed by atoms with Crippen LogP contribution in [0.5, 0.6) is 0 Å². The van der Waals surface area contributed by atoms with Gasteiger partial charge in [-0.3, -0.25) is 0 Å². The molecule has 3 heteroatoms. The van der Waals surface area contributed by atoms with E-state index in [0.29, 0.717) is 5.41 Å². The predicted octanol–water partition coefficient (Wildman–Crippen LogP) is 8.27. The molecule has 0 aliphatic carbocycles. The van der Waals surface area contributed by atoms with Crippen molar-refractivity contribution < 1.29 is 20.1 Å². The van der Waals surface area contributed by atoms with Crippen LogP contribution in [0.25, 0.3) is 22.5 Å². The average molecular weight is 661 g/mol. The normalized spacial score (nSPS) is 10.6. The van der Waals surface area contributed by atoms with Gasteiger partial charge in [-0.2, -0.15) is 0 Å². The van der Waals surface area contributed by atoms with E-state index in [1.807, 2.05) is 67.0 Å². The fourth-order valence-corrected chi connectivity index (χ4v) is 4.08. The van der Waals surface area contributed by atoms with Crippen LogP contribution in [-0.2, 0) is 32.9 Å². The Morgan fingerprint density at radius 3 is 1.97 bits per heavy atom. The molecule has 2 heterocycles. The Hall–Kier alpha value is -3.39. The van der Waals surface area contributed by atoms with Gasteiger partial charge in [-0.1, -0.05) is 74.4 Å². The van der Waals surface area contributed by atoms with E-state index in [2.05, 4.69) is 91.4 Å². The third kappa shape index (κ3) is 8.89. The first-order valence-corrected chi connectivity index (χ1v) is 12.3. The quantitative estimate of drug-likeness (QED) is 0.178. The zero-order valence-electron chi connectivity index (χ0n) is 21.6. The average Bonchev–Trinajstić information content (AvgIpc) is 2.90. The molecule has 2 nitrogen and oxygen atoms in total. The van der Waals surface area contributed by atoms with E-state index < -0.39 is 0 Å². The van der Waals surface area contributed by atoms with Gasteiger partial charge in [0.15, 0.2) is 0 Å². The van der Waals surface area contributed by atoms with E-state index in [-0.39, 0.29) is 20.1 Å². The van der Waals surface area contributed by atoms with E-state index in [1.54, 1.807) is 0 Å². The van der Waals surface area contributed by atoms with Crippen molar-refractivity contribution in [1.29, 1.82) is 0 Å². The molecule has 0 saturated heterocycles. The Kier molecular flexibility index (Phi) is 10.5. The van der Waals surface area contributed by atoms with Crippen molar-refractivity contribution >= 4 is 0 Å². The van der Waals surface area contributed by atoms with Crippen LogP contribution in [-0.4, -0.2) is 9.97 Å². The Bertz CT molecular complexity index is 1350. The first kappa shape index (κ1) is 28.2. The Morgan fingerprint density at radius 2 is 1.32 bits per heavy atom. The summed E-state index contributed by atoms with van der Waals surface area (Å²) >= 11 is 0. The summed E-state index contributed by atoms with van der Waals surface area (Å²) < 4.78 is 0. The number of nitrogens with zero attached hydrogens (tertiary/aromatic N) is 2. The van der Waals surface area contributed by atoms with Gasteiger partial charge in [-0.15, -0.1) is 71.8 Å². The van der Waals surface area contributed by atoms with Gasteiger partial charge in [0.25, 0.3) is 0 Å². The van der Waals surface area contributed by atoms with E-state index in [1.165, 1.54) is 16.7 Å². The summed E-state index contributed by atoms with van der Waals surface area (Å²) in [4.78, 5) is 8.92. The fourth-order valence-electron chi connectivity index (χ4n) is 4.08. The maximum absolute atomic E-state index is 4.51. The SMILES string of the molecule is CC(C)(C)Cc1ccnc(-c2[c-]cccc2)c1.[Ir].[c-]1ccccc1-c1ncccc1Cc1ccccc1. The number of aromatic nitrogens is 2. The molecule has 1 radical (unpaired) electrons. The van der Waals surface area contributed by atoms with Gasteiger partial charge in [-0.25, -0.2) is 0 Å². The molecular formula is C34H32IrN2-2. The minimum Gasteiger partial charge on any atom is -0.305 e. The van der Waals surface area contributed by atoms with Gasteiger partial charge in [0.1, 0.15) is 0 Å². The maximum Gasteiger partial charge on any atom is 0.0163 e. The summed E-state index contributed by atoms with van der Waals surface area (Å²) in [6.45, 7) is 6.76. The van der Waals surface area contributed by atoms with Crippen LogP contribution in [0, 0.1) is 17.5 Å². The Labute approximate surface area is 235 Å². The molecule has 0 spiro atoms. The van der Waals surface area contributed by atoms with Crippen LogP contribution in [0.15, 0.2) is 116 Å². The minimum atomic E-state index is 0. The summed E-state index contributed by atoms with van der Waals surface area (Å²) in [6.07, 6.45) is 5.68. The van der Waals surface area contributed by atoms with Gasteiger partial charge in [0, 0.05) is 32.5 Å². The number of pyridine rings is 2. The molecule has 0 unspecified atom stereocenters. The standard InChI is InChI=1S/C18H14N.C16H18N.Ir/c1-3-8-15(9-4-1)14-17-12-7-13-19-18(17)16-10-5-2-6-11-16;1-16(2,3)12-13-9-10-17-15(11-13)14-7-5-4-6-8-14;/h1-10,12-13H,14H2;4-7,9-11H,12H2,1-3H3;/q2*-1;. The molecule has 2 aromatic heterocycles. The molecule has 5 aromatic rings. The minimum absolute atomic E-state index is 0. The van der Waals surface area contributed by atoms with Crippen molar-refractivity contribution in [3.8, 4) is 22.5 Å². The first-order valence-electron chi connectivity index (χ1n) is 12.3. The molecule has 3 aromatic carbocycles. The third-order valence-electron chi connectivity index (χ3n) is 5.64. The molecule has 0 fully saturated rings. The predicted molar refractivity (Wildman–Crippen MR) is 149 cm³/mol. The molecule has 0 N–H and O–H groups in total. The number of benzene rings is 3. The summed E-state index contributed by atoms with van der Waals surface area (Å²) in [6, 6.07) is 41.2. The van der Waals surface area contributed by atoms with Crippen LogP contribution in [0.2, 0.25) is 0 Å². The number of hydrogen-bond donors (Lipinski definition) is 0. The zero-order chi connectivity index (χ0) is 25.2. The second-order valence-electron chi connectivity index (χ2n) is 10.0. The molecule has 0 atom stereocenters. The van der Waals surface area contributed by atoms with Crippen molar-refractivity contribution in [2.75, 3.05) is 0 Å². The van der Waals surface area contributed by atoms with Gasteiger partial charge in [-0.05, 0) is 47.3 Å². The summed E-state index contributed by atoms with van der Waals surface area (Å²) in [7, 11) is 0. The van der Waals surface area contributed by atoms with Crippen LogP contribution >= 0.6 is 0 Å². The Morgan fingerprint density at radius 1 is 0.649 bits per heavy atom.